The lowest BCUT2D eigenvalue weighted by Crippen LogP contribution is -2.17. The van der Waals surface area contributed by atoms with E-state index in [0.29, 0.717) is 0 Å². The van der Waals surface area contributed by atoms with Crippen molar-refractivity contribution in [3.8, 4) is 0 Å². The number of thiazole rings is 1. The Balaban J connectivity index is 0.000000606. The Morgan fingerprint density at radius 3 is 2.69 bits per heavy atom. The van der Waals surface area contributed by atoms with Crippen LogP contribution in [0.2, 0.25) is 0 Å². The standard InChI is InChI=1S/C11H16N2S.C2H6/c1-8-4-5-13(7-8)9(2)11-6-12-10(3)14-11;1-2/h6,8H,2,4-5,7H2,1,3H3;1-2H3. The first-order chi connectivity index (χ1) is 7.66. The summed E-state index contributed by atoms with van der Waals surface area (Å²) < 4.78 is 0. The lowest BCUT2D eigenvalue weighted by atomic mass is 10.2. The first-order valence-electron chi connectivity index (χ1n) is 6.03. The van der Waals surface area contributed by atoms with Gasteiger partial charge in [-0.25, -0.2) is 4.98 Å². The average molecular weight is 238 g/mol. The normalized spacial score (nSPS) is 19.2. The summed E-state index contributed by atoms with van der Waals surface area (Å²) >= 11 is 1.73. The van der Waals surface area contributed by atoms with Crippen molar-refractivity contribution in [2.45, 2.75) is 34.1 Å². The monoisotopic (exact) mass is 238 g/mol. The zero-order valence-corrected chi connectivity index (χ0v) is 11.6. The van der Waals surface area contributed by atoms with E-state index in [0.717, 1.165) is 29.7 Å². The van der Waals surface area contributed by atoms with Crippen molar-refractivity contribution in [1.29, 1.82) is 0 Å². The highest BCUT2D eigenvalue weighted by atomic mass is 32.1. The summed E-state index contributed by atoms with van der Waals surface area (Å²) in [6.45, 7) is 14.8. The minimum absolute atomic E-state index is 0.806. The molecule has 1 atom stereocenters. The summed E-state index contributed by atoms with van der Waals surface area (Å²) in [6.07, 6.45) is 3.22. The molecule has 0 amide bonds. The molecule has 0 saturated carbocycles. The minimum Gasteiger partial charge on any atom is -0.371 e. The Labute approximate surface area is 103 Å². The molecular formula is C13H22N2S. The van der Waals surface area contributed by atoms with E-state index in [1.807, 2.05) is 27.0 Å². The fraction of sp³-hybridized carbons (Fsp3) is 0.615. The molecular weight excluding hydrogens is 216 g/mol. The lowest BCUT2D eigenvalue weighted by molar-refractivity contribution is 0.473. The van der Waals surface area contributed by atoms with Crippen LogP contribution in [0.15, 0.2) is 12.8 Å². The van der Waals surface area contributed by atoms with E-state index in [4.69, 9.17) is 0 Å². The van der Waals surface area contributed by atoms with Crippen LogP contribution in [0.5, 0.6) is 0 Å². The molecule has 1 aromatic rings. The molecule has 1 fully saturated rings. The SMILES string of the molecule is C=C(c1cnc(C)s1)N1CCC(C)C1.CC. The van der Waals surface area contributed by atoms with E-state index < -0.39 is 0 Å². The van der Waals surface area contributed by atoms with Crippen molar-refractivity contribution in [3.63, 3.8) is 0 Å². The Hall–Kier alpha value is -0.830. The predicted molar refractivity (Wildman–Crippen MR) is 72.6 cm³/mol. The van der Waals surface area contributed by atoms with E-state index in [2.05, 4.69) is 23.4 Å². The van der Waals surface area contributed by atoms with Gasteiger partial charge in [-0.2, -0.15) is 0 Å². The molecule has 3 heteroatoms. The highest BCUT2D eigenvalue weighted by molar-refractivity contribution is 7.12. The molecule has 1 aromatic heterocycles. The topological polar surface area (TPSA) is 16.1 Å². The predicted octanol–water partition coefficient (Wildman–Crippen LogP) is 3.79. The third-order valence-electron chi connectivity index (χ3n) is 2.71. The number of hydrogen-bond acceptors (Lipinski definition) is 3. The van der Waals surface area contributed by atoms with Crippen molar-refractivity contribution < 1.29 is 0 Å². The number of nitrogens with zero attached hydrogens (tertiary/aromatic N) is 2. The molecule has 1 aliphatic heterocycles. The van der Waals surface area contributed by atoms with Crippen molar-refractivity contribution in [1.82, 2.24) is 9.88 Å². The van der Waals surface area contributed by atoms with Crippen LogP contribution in [-0.4, -0.2) is 23.0 Å². The maximum absolute atomic E-state index is 4.26. The molecule has 1 unspecified atom stereocenters. The highest BCUT2D eigenvalue weighted by Gasteiger charge is 2.21. The Kier molecular flexibility index (Phi) is 5.00. The lowest BCUT2D eigenvalue weighted by Gasteiger charge is -2.19. The average Bonchev–Trinajstić information content (AvgIpc) is 2.89. The van der Waals surface area contributed by atoms with Crippen molar-refractivity contribution in [3.05, 3.63) is 22.7 Å². The largest absolute Gasteiger partial charge is 0.371 e. The number of aromatic nitrogens is 1. The first kappa shape index (κ1) is 13.2. The molecule has 0 aromatic carbocycles. The number of hydrogen-bond donors (Lipinski definition) is 0. The van der Waals surface area contributed by atoms with Crippen molar-refractivity contribution in [2.75, 3.05) is 13.1 Å². The van der Waals surface area contributed by atoms with Gasteiger partial charge in [0.1, 0.15) is 0 Å². The summed E-state index contributed by atoms with van der Waals surface area (Å²) in [5.74, 6) is 0.806. The van der Waals surface area contributed by atoms with Gasteiger partial charge in [-0.1, -0.05) is 27.4 Å². The second kappa shape index (κ2) is 6.04. The van der Waals surface area contributed by atoms with Gasteiger partial charge >= 0.3 is 0 Å². The van der Waals surface area contributed by atoms with E-state index in [-0.39, 0.29) is 0 Å². The summed E-state index contributed by atoms with van der Waals surface area (Å²) in [6, 6.07) is 0. The summed E-state index contributed by atoms with van der Waals surface area (Å²) in [5, 5.41) is 1.12. The van der Waals surface area contributed by atoms with Gasteiger partial charge in [0.25, 0.3) is 0 Å². The fourth-order valence-electron chi connectivity index (χ4n) is 1.83. The molecule has 0 radical (unpaired) electrons. The Bertz CT molecular complexity index is 343. The molecule has 0 N–H and O–H groups in total. The maximum Gasteiger partial charge on any atom is 0.0901 e. The zero-order valence-electron chi connectivity index (χ0n) is 10.8. The van der Waals surface area contributed by atoms with Crippen molar-refractivity contribution >= 4 is 17.0 Å². The Morgan fingerprint density at radius 1 is 1.56 bits per heavy atom. The van der Waals surface area contributed by atoms with Crippen LogP contribution in [0.25, 0.3) is 5.70 Å². The molecule has 1 aliphatic rings. The summed E-state index contributed by atoms with van der Waals surface area (Å²) in [5.41, 5.74) is 1.15. The third kappa shape index (κ3) is 3.08. The molecule has 0 bridgehead atoms. The summed E-state index contributed by atoms with van der Waals surface area (Å²) in [4.78, 5) is 7.85. The van der Waals surface area contributed by atoms with Crippen LogP contribution < -0.4 is 0 Å². The van der Waals surface area contributed by atoms with Gasteiger partial charge in [-0.3, -0.25) is 0 Å². The molecule has 0 spiro atoms. The maximum atomic E-state index is 4.26. The smallest absolute Gasteiger partial charge is 0.0901 e. The second-order valence-corrected chi connectivity index (χ2v) is 5.26. The van der Waals surface area contributed by atoms with Crippen LogP contribution in [0.3, 0.4) is 0 Å². The van der Waals surface area contributed by atoms with E-state index >= 15 is 0 Å². The molecule has 2 heterocycles. The van der Waals surface area contributed by atoms with Gasteiger partial charge in [-0.15, -0.1) is 11.3 Å². The fourth-order valence-corrected chi connectivity index (χ4v) is 2.61. The van der Waals surface area contributed by atoms with Gasteiger partial charge in [-0.05, 0) is 19.3 Å². The van der Waals surface area contributed by atoms with Crippen LogP contribution in [-0.2, 0) is 0 Å². The molecule has 16 heavy (non-hydrogen) atoms. The van der Waals surface area contributed by atoms with Gasteiger partial charge in [0, 0.05) is 25.0 Å². The van der Waals surface area contributed by atoms with Gasteiger partial charge in [0.15, 0.2) is 0 Å². The molecule has 2 nitrogen and oxygen atoms in total. The quantitative estimate of drug-likeness (QED) is 0.779. The molecule has 1 saturated heterocycles. The van der Waals surface area contributed by atoms with Crippen LogP contribution >= 0.6 is 11.3 Å². The van der Waals surface area contributed by atoms with Crippen LogP contribution in [0.4, 0.5) is 0 Å². The van der Waals surface area contributed by atoms with Crippen molar-refractivity contribution in [2.24, 2.45) is 5.92 Å². The van der Waals surface area contributed by atoms with Gasteiger partial charge in [0.05, 0.1) is 9.88 Å². The minimum atomic E-state index is 0.806. The molecule has 90 valence electrons. The molecule has 0 aliphatic carbocycles. The van der Waals surface area contributed by atoms with Gasteiger partial charge < -0.3 is 4.90 Å². The Morgan fingerprint density at radius 2 is 2.25 bits per heavy atom. The van der Waals surface area contributed by atoms with Crippen LogP contribution in [0.1, 0.15) is 37.1 Å². The van der Waals surface area contributed by atoms with E-state index in [9.17, 15) is 0 Å². The third-order valence-corrected chi connectivity index (χ3v) is 3.67. The highest BCUT2D eigenvalue weighted by Crippen LogP contribution is 2.28. The van der Waals surface area contributed by atoms with E-state index in [1.54, 1.807) is 11.3 Å². The van der Waals surface area contributed by atoms with E-state index in [1.165, 1.54) is 11.3 Å². The number of likely N-dealkylation sites (tertiary alicyclic amines) is 1. The number of aryl methyl sites for hydroxylation is 1. The molecule has 2 rings (SSSR count). The van der Waals surface area contributed by atoms with Gasteiger partial charge in [0.2, 0.25) is 0 Å². The second-order valence-electron chi connectivity index (χ2n) is 4.03. The van der Waals surface area contributed by atoms with Crippen LogP contribution in [0, 0.1) is 12.8 Å². The summed E-state index contributed by atoms with van der Waals surface area (Å²) in [7, 11) is 0. The first-order valence-corrected chi connectivity index (χ1v) is 6.85. The number of rotatable bonds is 2. The zero-order chi connectivity index (χ0) is 12.1.